The summed E-state index contributed by atoms with van der Waals surface area (Å²) in [5, 5.41) is 17.7. The number of aromatic nitrogens is 4. The van der Waals surface area contributed by atoms with E-state index in [1.807, 2.05) is 33.9 Å². The van der Waals surface area contributed by atoms with E-state index in [-0.39, 0.29) is 17.0 Å². The number of rotatable bonds is 9. The monoisotopic (exact) mass is 538 g/mol. The Kier molecular flexibility index (Phi) is 7.79. The molecule has 4 rings (SSSR count). The average molecular weight is 539 g/mol. The second-order valence-electron chi connectivity index (χ2n) is 9.93. The van der Waals surface area contributed by atoms with Gasteiger partial charge >= 0.3 is 0 Å². The molecule has 38 heavy (non-hydrogen) atoms. The first-order valence-corrected chi connectivity index (χ1v) is 13.6. The maximum atomic E-state index is 13.7. The van der Waals surface area contributed by atoms with E-state index < -0.39 is 21.6 Å². The SMILES string of the molecule is Cc1ccc(S(=O)(=O)NCCCNc2nccc(-c3cn(C(C)(C)C)nc3-c3ccc(F)c(O)c3)n2)cc1. The summed E-state index contributed by atoms with van der Waals surface area (Å²) in [6, 6.07) is 12.5. The Morgan fingerprint density at radius 1 is 1.05 bits per heavy atom. The third-order valence-electron chi connectivity index (χ3n) is 5.81. The summed E-state index contributed by atoms with van der Waals surface area (Å²) in [7, 11) is -3.57. The van der Waals surface area contributed by atoms with Gasteiger partial charge in [0, 0.05) is 36.6 Å². The van der Waals surface area contributed by atoms with Gasteiger partial charge in [-0.05, 0) is 70.5 Å². The van der Waals surface area contributed by atoms with Crippen LogP contribution in [0.4, 0.5) is 10.3 Å². The van der Waals surface area contributed by atoms with Gasteiger partial charge in [-0.2, -0.15) is 5.10 Å². The standard InChI is InChI=1S/C27H31FN6O3S/c1-18-6-9-20(10-7-18)38(36,37)31-14-5-13-29-26-30-15-12-23(32-26)21-17-34(27(2,3)4)33-25(21)19-8-11-22(28)24(35)16-19/h6-12,15-17,31,35H,5,13-14H2,1-4H3,(H,29,30,32). The van der Waals surface area contributed by atoms with Crippen molar-refractivity contribution in [3.8, 4) is 28.3 Å². The van der Waals surface area contributed by atoms with Crippen molar-refractivity contribution < 1.29 is 17.9 Å². The Bertz CT molecular complexity index is 1530. The quantitative estimate of drug-likeness (QED) is 0.264. The van der Waals surface area contributed by atoms with Gasteiger partial charge in [-0.3, -0.25) is 4.68 Å². The number of phenolic OH excluding ortho intramolecular Hbond substituents is 1. The summed E-state index contributed by atoms with van der Waals surface area (Å²) < 4.78 is 43.0. The van der Waals surface area contributed by atoms with Gasteiger partial charge in [0.2, 0.25) is 16.0 Å². The molecule has 2 aromatic carbocycles. The van der Waals surface area contributed by atoms with Gasteiger partial charge in [0.15, 0.2) is 11.6 Å². The van der Waals surface area contributed by atoms with Crippen LogP contribution in [0.5, 0.6) is 5.75 Å². The van der Waals surface area contributed by atoms with Crippen LogP contribution in [0.3, 0.4) is 0 Å². The number of hydrogen-bond acceptors (Lipinski definition) is 7. The van der Waals surface area contributed by atoms with Gasteiger partial charge in [0.05, 0.1) is 16.1 Å². The van der Waals surface area contributed by atoms with E-state index in [9.17, 15) is 17.9 Å². The molecule has 0 aliphatic rings. The summed E-state index contributed by atoms with van der Waals surface area (Å²) in [5.74, 6) is -0.790. The van der Waals surface area contributed by atoms with Gasteiger partial charge in [0.1, 0.15) is 5.69 Å². The zero-order valence-corrected chi connectivity index (χ0v) is 22.6. The van der Waals surface area contributed by atoms with Crippen LogP contribution in [0.15, 0.2) is 65.8 Å². The molecule has 11 heteroatoms. The molecular formula is C27H31FN6O3S. The molecule has 2 heterocycles. The molecular weight excluding hydrogens is 507 g/mol. The molecule has 0 saturated heterocycles. The van der Waals surface area contributed by atoms with Crippen LogP contribution in [-0.4, -0.2) is 46.4 Å². The fourth-order valence-electron chi connectivity index (χ4n) is 3.67. The molecule has 0 radical (unpaired) electrons. The van der Waals surface area contributed by atoms with Crippen molar-refractivity contribution in [2.45, 2.75) is 44.6 Å². The molecule has 4 aromatic rings. The first kappa shape index (κ1) is 27.2. The second-order valence-corrected chi connectivity index (χ2v) is 11.7. The van der Waals surface area contributed by atoms with Crippen molar-refractivity contribution in [3.63, 3.8) is 0 Å². The van der Waals surface area contributed by atoms with Crippen molar-refractivity contribution in [2.75, 3.05) is 18.4 Å². The molecule has 9 nitrogen and oxygen atoms in total. The van der Waals surface area contributed by atoms with E-state index in [0.29, 0.717) is 41.4 Å². The lowest BCUT2D eigenvalue weighted by Crippen LogP contribution is -2.26. The molecule has 0 aliphatic heterocycles. The molecule has 2 aromatic heterocycles. The van der Waals surface area contributed by atoms with E-state index in [0.717, 1.165) is 5.56 Å². The number of anilines is 1. The number of aryl methyl sites for hydroxylation is 1. The molecule has 0 amide bonds. The van der Waals surface area contributed by atoms with Crippen LogP contribution < -0.4 is 10.0 Å². The lowest BCUT2D eigenvalue weighted by molar-refractivity contribution is 0.356. The fraction of sp³-hybridized carbons (Fsp3) is 0.296. The van der Waals surface area contributed by atoms with Gasteiger partial charge in [-0.1, -0.05) is 17.7 Å². The van der Waals surface area contributed by atoms with Crippen molar-refractivity contribution in [1.29, 1.82) is 0 Å². The number of nitrogens with zero attached hydrogens (tertiary/aromatic N) is 4. The van der Waals surface area contributed by atoms with Gasteiger partial charge < -0.3 is 10.4 Å². The maximum Gasteiger partial charge on any atom is 0.240 e. The third kappa shape index (κ3) is 6.35. The number of sulfonamides is 1. The van der Waals surface area contributed by atoms with Crippen LogP contribution in [0.1, 0.15) is 32.8 Å². The summed E-state index contributed by atoms with van der Waals surface area (Å²) in [6.07, 6.45) is 3.99. The van der Waals surface area contributed by atoms with Crippen molar-refractivity contribution >= 4 is 16.0 Å². The summed E-state index contributed by atoms with van der Waals surface area (Å²) in [5.41, 5.74) is 3.05. The highest BCUT2D eigenvalue weighted by molar-refractivity contribution is 7.89. The number of aromatic hydroxyl groups is 1. The molecule has 0 fully saturated rings. The average Bonchev–Trinajstić information content (AvgIpc) is 3.32. The fourth-order valence-corrected chi connectivity index (χ4v) is 4.74. The first-order chi connectivity index (χ1) is 17.9. The van der Waals surface area contributed by atoms with Crippen LogP contribution in [0.25, 0.3) is 22.5 Å². The number of halogens is 1. The summed E-state index contributed by atoms with van der Waals surface area (Å²) in [4.78, 5) is 9.12. The highest BCUT2D eigenvalue weighted by Gasteiger charge is 2.22. The largest absolute Gasteiger partial charge is 0.505 e. The number of benzene rings is 2. The Labute approximate surface area is 221 Å². The van der Waals surface area contributed by atoms with Crippen LogP contribution in [-0.2, 0) is 15.6 Å². The molecule has 0 saturated carbocycles. The highest BCUT2D eigenvalue weighted by Crippen LogP contribution is 2.34. The van der Waals surface area contributed by atoms with E-state index in [2.05, 4.69) is 20.0 Å². The Balaban J connectivity index is 1.47. The van der Waals surface area contributed by atoms with E-state index >= 15 is 0 Å². The van der Waals surface area contributed by atoms with Crippen LogP contribution in [0, 0.1) is 12.7 Å². The van der Waals surface area contributed by atoms with Gasteiger partial charge in [-0.15, -0.1) is 0 Å². The molecule has 0 spiro atoms. The van der Waals surface area contributed by atoms with Crippen molar-refractivity contribution in [3.05, 3.63) is 72.3 Å². The Morgan fingerprint density at radius 3 is 2.47 bits per heavy atom. The topological polar surface area (TPSA) is 122 Å². The van der Waals surface area contributed by atoms with Crippen molar-refractivity contribution in [2.24, 2.45) is 0 Å². The third-order valence-corrected chi connectivity index (χ3v) is 7.29. The molecule has 0 atom stereocenters. The number of nitrogens with one attached hydrogen (secondary N) is 2. The summed E-state index contributed by atoms with van der Waals surface area (Å²) in [6.45, 7) is 8.62. The minimum absolute atomic E-state index is 0.230. The lowest BCUT2D eigenvalue weighted by Gasteiger charge is -2.18. The lowest BCUT2D eigenvalue weighted by atomic mass is 10.1. The summed E-state index contributed by atoms with van der Waals surface area (Å²) >= 11 is 0. The van der Waals surface area contributed by atoms with Gasteiger partial charge in [-0.25, -0.2) is 27.5 Å². The van der Waals surface area contributed by atoms with E-state index in [1.54, 1.807) is 47.3 Å². The minimum Gasteiger partial charge on any atom is -0.505 e. The number of hydrogen-bond donors (Lipinski definition) is 3. The molecule has 3 N–H and O–H groups in total. The minimum atomic E-state index is -3.57. The van der Waals surface area contributed by atoms with Crippen LogP contribution in [0.2, 0.25) is 0 Å². The predicted molar refractivity (Wildman–Crippen MR) is 145 cm³/mol. The molecule has 0 bridgehead atoms. The number of phenols is 1. The molecule has 0 unspecified atom stereocenters. The van der Waals surface area contributed by atoms with Crippen molar-refractivity contribution in [1.82, 2.24) is 24.5 Å². The Hall–Kier alpha value is -3.83. The first-order valence-electron chi connectivity index (χ1n) is 12.2. The smallest absolute Gasteiger partial charge is 0.240 e. The molecule has 0 aliphatic carbocycles. The zero-order chi connectivity index (χ0) is 27.5. The second kappa shape index (κ2) is 10.9. The maximum absolute atomic E-state index is 13.7. The zero-order valence-electron chi connectivity index (χ0n) is 21.7. The van der Waals surface area contributed by atoms with Crippen LogP contribution >= 0.6 is 0 Å². The van der Waals surface area contributed by atoms with E-state index in [4.69, 9.17) is 5.10 Å². The predicted octanol–water partition coefficient (Wildman–Crippen LogP) is 4.70. The molecule has 200 valence electrons. The highest BCUT2D eigenvalue weighted by atomic mass is 32.2. The Morgan fingerprint density at radius 2 is 1.79 bits per heavy atom. The van der Waals surface area contributed by atoms with E-state index in [1.165, 1.54) is 12.1 Å². The normalized spacial score (nSPS) is 12.0. The van der Waals surface area contributed by atoms with Gasteiger partial charge in [0.25, 0.3) is 0 Å².